The molecule has 1 aliphatic rings. The molecule has 0 spiro atoms. The molecule has 1 amide bonds. The van der Waals surface area contributed by atoms with Gasteiger partial charge in [0.2, 0.25) is 5.91 Å². The van der Waals surface area contributed by atoms with E-state index in [9.17, 15) is 4.79 Å². The first-order valence-electron chi connectivity index (χ1n) is 6.72. The molecule has 0 bridgehead atoms. The van der Waals surface area contributed by atoms with Crippen LogP contribution in [0.4, 0.5) is 0 Å². The van der Waals surface area contributed by atoms with Gasteiger partial charge in [0.15, 0.2) is 0 Å². The highest BCUT2D eigenvalue weighted by Crippen LogP contribution is 2.29. The zero-order valence-electron chi connectivity index (χ0n) is 11.6. The summed E-state index contributed by atoms with van der Waals surface area (Å²) in [6, 6.07) is 8.16. The van der Waals surface area contributed by atoms with E-state index in [4.69, 9.17) is 10.5 Å². The minimum Gasteiger partial charge on any atom is -0.373 e. The Hall–Kier alpha value is -1.39. The van der Waals surface area contributed by atoms with Crippen LogP contribution < -0.4 is 11.1 Å². The fourth-order valence-electron chi connectivity index (χ4n) is 2.29. The molecule has 1 aromatic carbocycles. The lowest BCUT2D eigenvalue weighted by molar-refractivity contribution is -0.125. The van der Waals surface area contributed by atoms with Crippen LogP contribution in [0.5, 0.6) is 0 Å². The zero-order chi connectivity index (χ0) is 13.9. The highest BCUT2D eigenvalue weighted by atomic mass is 16.5. The van der Waals surface area contributed by atoms with Crippen LogP contribution in [0.2, 0.25) is 0 Å². The third-order valence-corrected chi connectivity index (χ3v) is 3.45. The molecule has 3 N–H and O–H groups in total. The minimum absolute atomic E-state index is 0.0165. The molecule has 0 aromatic heterocycles. The van der Waals surface area contributed by atoms with Crippen molar-refractivity contribution in [3.05, 3.63) is 35.4 Å². The Morgan fingerprint density at radius 1 is 1.47 bits per heavy atom. The Morgan fingerprint density at radius 3 is 2.95 bits per heavy atom. The van der Waals surface area contributed by atoms with Crippen molar-refractivity contribution in [1.82, 2.24) is 5.32 Å². The Morgan fingerprint density at radius 2 is 2.21 bits per heavy atom. The van der Waals surface area contributed by atoms with E-state index in [2.05, 4.69) is 11.4 Å². The Kier molecular flexibility index (Phi) is 4.22. The van der Waals surface area contributed by atoms with Crippen molar-refractivity contribution in [3.8, 4) is 0 Å². The van der Waals surface area contributed by atoms with E-state index < -0.39 is 0 Å². The molecule has 0 aliphatic carbocycles. The van der Waals surface area contributed by atoms with Gasteiger partial charge in [-0.2, -0.15) is 0 Å². The van der Waals surface area contributed by atoms with Gasteiger partial charge in [0.05, 0.1) is 19.1 Å². The monoisotopic (exact) mass is 262 g/mol. The van der Waals surface area contributed by atoms with Crippen molar-refractivity contribution in [2.75, 3.05) is 13.2 Å². The van der Waals surface area contributed by atoms with Crippen molar-refractivity contribution < 1.29 is 9.53 Å². The van der Waals surface area contributed by atoms with Gasteiger partial charge in [-0.05, 0) is 31.4 Å². The Labute approximate surface area is 114 Å². The number of rotatable bonds is 4. The molecule has 0 saturated carbocycles. The number of amides is 1. The molecule has 4 nitrogen and oxygen atoms in total. The molecule has 1 aliphatic heterocycles. The summed E-state index contributed by atoms with van der Waals surface area (Å²) in [5, 5.41) is 2.94. The van der Waals surface area contributed by atoms with E-state index in [0.717, 1.165) is 12.0 Å². The molecule has 1 heterocycles. The van der Waals surface area contributed by atoms with Gasteiger partial charge in [0.25, 0.3) is 0 Å². The summed E-state index contributed by atoms with van der Waals surface area (Å²) in [4.78, 5) is 12.0. The maximum atomic E-state index is 12.0. The summed E-state index contributed by atoms with van der Waals surface area (Å²) in [6.07, 6.45) is 1.13. The third-order valence-electron chi connectivity index (χ3n) is 3.45. The van der Waals surface area contributed by atoms with Gasteiger partial charge in [0.1, 0.15) is 0 Å². The molecule has 0 fully saturated rings. The van der Waals surface area contributed by atoms with Crippen LogP contribution in [-0.4, -0.2) is 24.6 Å². The SMILES string of the molecule is CC(C)(CN)NC(=O)CC1OCCc2ccccc21. The molecule has 1 atom stereocenters. The molecule has 0 saturated heterocycles. The number of fused-ring (bicyclic) bond motifs is 1. The topological polar surface area (TPSA) is 64.3 Å². The van der Waals surface area contributed by atoms with Crippen molar-refractivity contribution in [1.29, 1.82) is 0 Å². The summed E-state index contributed by atoms with van der Waals surface area (Å²) in [6.45, 7) is 4.93. The number of nitrogens with two attached hydrogens (primary N) is 1. The molecular weight excluding hydrogens is 240 g/mol. The molecule has 2 rings (SSSR count). The van der Waals surface area contributed by atoms with E-state index in [0.29, 0.717) is 19.6 Å². The van der Waals surface area contributed by atoms with Crippen molar-refractivity contribution in [2.45, 2.75) is 38.3 Å². The van der Waals surface area contributed by atoms with E-state index in [1.807, 2.05) is 32.0 Å². The smallest absolute Gasteiger partial charge is 0.223 e. The normalized spacial score (nSPS) is 18.8. The van der Waals surface area contributed by atoms with E-state index >= 15 is 0 Å². The van der Waals surface area contributed by atoms with Crippen LogP contribution in [0.25, 0.3) is 0 Å². The predicted octanol–water partition coefficient (Wildman–Crippen LogP) is 1.54. The second kappa shape index (κ2) is 5.72. The summed E-state index contributed by atoms with van der Waals surface area (Å²) < 4.78 is 5.73. The third kappa shape index (κ3) is 3.55. The lowest BCUT2D eigenvalue weighted by atomic mass is 9.95. The maximum absolute atomic E-state index is 12.0. The largest absolute Gasteiger partial charge is 0.373 e. The second-order valence-corrected chi connectivity index (χ2v) is 5.65. The van der Waals surface area contributed by atoms with E-state index in [-0.39, 0.29) is 17.6 Å². The van der Waals surface area contributed by atoms with Crippen LogP contribution in [0.3, 0.4) is 0 Å². The van der Waals surface area contributed by atoms with Crippen molar-refractivity contribution in [2.24, 2.45) is 5.73 Å². The number of ether oxygens (including phenoxy) is 1. The quantitative estimate of drug-likeness (QED) is 0.865. The maximum Gasteiger partial charge on any atom is 0.223 e. The first-order valence-corrected chi connectivity index (χ1v) is 6.72. The van der Waals surface area contributed by atoms with Gasteiger partial charge < -0.3 is 15.8 Å². The molecule has 1 unspecified atom stereocenters. The zero-order valence-corrected chi connectivity index (χ0v) is 11.6. The standard InChI is InChI=1S/C15H22N2O2/c1-15(2,10-16)17-14(18)9-13-12-6-4-3-5-11(12)7-8-19-13/h3-6,13H,7-10,16H2,1-2H3,(H,17,18). The average molecular weight is 262 g/mol. The summed E-state index contributed by atoms with van der Waals surface area (Å²) in [7, 11) is 0. The van der Waals surface area contributed by atoms with E-state index in [1.165, 1.54) is 5.56 Å². The molecule has 0 radical (unpaired) electrons. The van der Waals surface area contributed by atoms with Crippen molar-refractivity contribution in [3.63, 3.8) is 0 Å². The Bertz CT molecular complexity index is 457. The molecule has 1 aromatic rings. The Balaban J connectivity index is 2.03. The van der Waals surface area contributed by atoms with Gasteiger partial charge in [0, 0.05) is 12.1 Å². The first kappa shape index (κ1) is 14.0. The van der Waals surface area contributed by atoms with Gasteiger partial charge in [-0.25, -0.2) is 0 Å². The minimum atomic E-state index is -0.370. The lowest BCUT2D eigenvalue weighted by Gasteiger charge is -2.28. The van der Waals surface area contributed by atoms with Gasteiger partial charge in [-0.15, -0.1) is 0 Å². The number of carbonyl (C=O) groups is 1. The van der Waals surface area contributed by atoms with Crippen LogP contribution >= 0.6 is 0 Å². The summed E-state index contributed by atoms with van der Waals surface area (Å²) >= 11 is 0. The molecule has 104 valence electrons. The fraction of sp³-hybridized carbons (Fsp3) is 0.533. The van der Waals surface area contributed by atoms with Crippen LogP contribution in [0.1, 0.15) is 37.5 Å². The van der Waals surface area contributed by atoms with Crippen molar-refractivity contribution >= 4 is 5.91 Å². The van der Waals surface area contributed by atoms with Crippen LogP contribution in [0, 0.1) is 0 Å². The molecule has 19 heavy (non-hydrogen) atoms. The molecule has 4 heteroatoms. The number of hydrogen-bond donors (Lipinski definition) is 2. The predicted molar refractivity (Wildman–Crippen MR) is 74.7 cm³/mol. The number of nitrogens with one attached hydrogen (secondary N) is 1. The molecular formula is C15H22N2O2. The van der Waals surface area contributed by atoms with E-state index in [1.54, 1.807) is 0 Å². The highest BCUT2D eigenvalue weighted by Gasteiger charge is 2.25. The van der Waals surface area contributed by atoms with Crippen LogP contribution in [-0.2, 0) is 16.0 Å². The van der Waals surface area contributed by atoms with Gasteiger partial charge >= 0.3 is 0 Å². The van der Waals surface area contributed by atoms with Crippen LogP contribution in [0.15, 0.2) is 24.3 Å². The summed E-state index contributed by atoms with van der Waals surface area (Å²) in [5.41, 5.74) is 7.66. The number of benzene rings is 1. The highest BCUT2D eigenvalue weighted by molar-refractivity contribution is 5.77. The number of hydrogen-bond acceptors (Lipinski definition) is 3. The first-order chi connectivity index (χ1) is 9.02. The summed E-state index contributed by atoms with van der Waals surface area (Å²) in [5.74, 6) is -0.0165. The number of carbonyl (C=O) groups excluding carboxylic acids is 1. The van der Waals surface area contributed by atoms with Gasteiger partial charge in [-0.3, -0.25) is 4.79 Å². The average Bonchev–Trinajstić information content (AvgIpc) is 2.38. The lowest BCUT2D eigenvalue weighted by Crippen LogP contribution is -2.49. The fourth-order valence-corrected chi connectivity index (χ4v) is 2.29. The van der Waals surface area contributed by atoms with Gasteiger partial charge in [-0.1, -0.05) is 24.3 Å². The second-order valence-electron chi connectivity index (χ2n) is 5.65.